The topological polar surface area (TPSA) is 35.5 Å². The first-order valence-corrected chi connectivity index (χ1v) is 8.83. The molecule has 3 unspecified atom stereocenters. The predicted molar refractivity (Wildman–Crippen MR) is 82.8 cm³/mol. The fourth-order valence-electron chi connectivity index (χ4n) is 4.27. The Morgan fingerprint density at radius 2 is 1.95 bits per heavy atom. The van der Waals surface area contributed by atoms with Gasteiger partial charge in [-0.25, -0.2) is 0 Å². The number of likely N-dealkylation sites (tertiary alicyclic amines) is 1. The Morgan fingerprint density at radius 3 is 2.70 bits per heavy atom. The molecule has 2 saturated carbocycles. The van der Waals surface area contributed by atoms with Gasteiger partial charge in [0.2, 0.25) is 0 Å². The number of nitrogens with one attached hydrogen (secondary N) is 1. The van der Waals surface area contributed by atoms with E-state index in [-0.39, 0.29) is 5.54 Å². The summed E-state index contributed by atoms with van der Waals surface area (Å²) in [6.45, 7) is 5.28. The zero-order valence-corrected chi connectivity index (χ0v) is 13.1. The van der Waals surface area contributed by atoms with Crippen LogP contribution in [0.25, 0.3) is 0 Å². The summed E-state index contributed by atoms with van der Waals surface area (Å²) in [6.07, 6.45) is 11.7. The van der Waals surface area contributed by atoms with E-state index in [0.29, 0.717) is 18.7 Å². The first-order valence-electron chi connectivity index (χ1n) is 8.83. The van der Waals surface area contributed by atoms with Gasteiger partial charge in [0.1, 0.15) is 0 Å². The van der Waals surface area contributed by atoms with Gasteiger partial charge < -0.3 is 15.3 Å². The third-order valence-electron chi connectivity index (χ3n) is 5.78. The normalized spacial score (nSPS) is 40.5. The number of aliphatic hydroxyl groups excluding tert-OH is 1. The van der Waals surface area contributed by atoms with Crippen molar-refractivity contribution in [2.24, 2.45) is 5.92 Å². The van der Waals surface area contributed by atoms with Crippen LogP contribution in [0.1, 0.15) is 64.7 Å². The lowest BCUT2D eigenvalue weighted by molar-refractivity contribution is 0.0589. The molecule has 3 aliphatic rings. The molecule has 2 N–H and O–H groups in total. The molecule has 20 heavy (non-hydrogen) atoms. The van der Waals surface area contributed by atoms with E-state index in [1.54, 1.807) is 0 Å². The van der Waals surface area contributed by atoms with Gasteiger partial charge in [0, 0.05) is 17.6 Å². The lowest BCUT2D eigenvalue weighted by Crippen LogP contribution is -2.56. The standard InChI is InChI=1S/C17H32N2O/c1-14-4-3-10-19(11-8-14)16-5-2-9-17(12-16,13-20)18-15-6-7-15/h14-16,18,20H,2-13H2,1H3. The Bertz CT molecular complexity index is 318. The molecule has 3 nitrogen and oxygen atoms in total. The van der Waals surface area contributed by atoms with E-state index in [0.717, 1.165) is 12.3 Å². The van der Waals surface area contributed by atoms with Crippen molar-refractivity contribution in [1.29, 1.82) is 0 Å². The van der Waals surface area contributed by atoms with Gasteiger partial charge in [0.05, 0.1) is 6.61 Å². The number of nitrogens with zero attached hydrogens (tertiary/aromatic N) is 1. The van der Waals surface area contributed by atoms with Crippen molar-refractivity contribution in [3.8, 4) is 0 Å². The molecule has 0 radical (unpaired) electrons. The van der Waals surface area contributed by atoms with Crippen LogP contribution in [-0.2, 0) is 0 Å². The van der Waals surface area contributed by atoms with E-state index >= 15 is 0 Å². The number of hydrogen-bond donors (Lipinski definition) is 2. The van der Waals surface area contributed by atoms with E-state index in [9.17, 15) is 5.11 Å². The van der Waals surface area contributed by atoms with Crippen molar-refractivity contribution in [2.45, 2.75) is 82.3 Å². The zero-order chi connectivity index (χ0) is 14.0. The largest absolute Gasteiger partial charge is 0.394 e. The Labute approximate surface area is 124 Å². The molecule has 0 bridgehead atoms. The summed E-state index contributed by atoms with van der Waals surface area (Å²) in [5, 5.41) is 13.7. The fraction of sp³-hybridized carbons (Fsp3) is 1.00. The monoisotopic (exact) mass is 280 g/mol. The SMILES string of the molecule is CC1CCCN(C2CCCC(CO)(NC3CC3)C2)CC1. The third-order valence-corrected chi connectivity index (χ3v) is 5.78. The molecule has 0 aromatic rings. The van der Waals surface area contributed by atoms with Crippen LogP contribution in [0.2, 0.25) is 0 Å². The van der Waals surface area contributed by atoms with Crippen LogP contribution >= 0.6 is 0 Å². The molecule has 0 amide bonds. The van der Waals surface area contributed by atoms with Gasteiger partial charge in [-0.3, -0.25) is 0 Å². The second-order valence-corrected chi connectivity index (χ2v) is 7.68. The first-order chi connectivity index (χ1) is 9.71. The summed E-state index contributed by atoms with van der Waals surface area (Å²) in [6, 6.07) is 1.40. The average molecular weight is 280 g/mol. The molecule has 0 aromatic heterocycles. The maximum absolute atomic E-state index is 9.95. The van der Waals surface area contributed by atoms with Crippen LogP contribution in [0.4, 0.5) is 0 Å². The van der Waals surface area contributed by atoms with Gasteiger partial charge in [-0.05, 0) is 76.8 Å². The van der Waals surface area contributed by atoms with Crippen LogP contribution in [-0.4, -0.2) is 47.3 Å². The molecule has 1 aliphatic heterocycles. The minimum atomic E-state index is 0.0298. The van der Waals surface area contributed by atoms with Crippen LogP contribution < -0.4 is 5.32 Å². The van der Waals surface area contributed by atoms with Gasteiger partial charge >= 0.3 is 0 Å². The minimum Gasteiger partial charge on any atom is -0.394 e. The maximum atomic E-state index is 9.95. The van der Waals surface area contributed by atoms with Crippen LogP contribution in [0.5, 0.6) is 0 Å². The third kappa shape index (κ3) is 3.55. The number of hydrogen-bond acceptors (Lipinski definition) is 3. The Hall–Kier alpha value is -0.120. The van der Waals surface area contributed by atoms with Crippen LogP contribution in [0, 0.1) is 5.92 Å². The van der Waals surface area contributed by atoms with Crippen molar-refractivity contribution in [3.63, 3.8) is 0 Å². The highest BCUT2D eigenvalue weighted by Crippen LogP contribution is 2.35. The summed E-state index contributed by atoms with van der Waals surface area (Å²) in [5.41, 5.74) is 0.0298. The first kappa shape index (κ1) is 14.8. The van der Waals surface area contributed by atoms with E-state index < -0.39 is 0 Å². The summed E-state index contributed by atoms with van der Waals surface area (Å²) in [5.74, 6) is 0.899. The summed E-state index contributed by atoms with van der Waals surface area (Å²) >= 11 is 0. The second-order valence-electron chi connectivity index (χ2n) is 7.68. The summed E-state index contributed by atoms with van der Waals surface area (Å²) in [4.78, 5) is 2.74. The molecule has 3 atom stereocenters. The van der Waals surface area contributed by atoms with E-state index in [2.05, 4.69) is 17.1 Å². The molecular formula is C17H32N2O. The Kier molecular flexibility index (Phi) is 4.68. The maximum Gasteiger partial charge on any atom is 0.0613 e. The Morgan fingerprint density at radius 1 is 1.10 bits per heavy atom. The van der Waals surface area contributed by atoms with Gasteiger partial charge in [0.15, 0.2) is 0 Å². The quantitative estimate of drug-likeness (QED) is 0.831. The molecule has 2 aliphatic carbocycles. The van der Waals surface area contributed by atoms with Crippen molar-refractivity contribution in [3.05, 3.63) is 0 Å². The second kappa shape index (κ2) is 6.33. The molecule has 3 rings (SSSR count). The molecule has 1 heterocycles. The predicted octanol–water partition coefficient (Wildman–Crippen LogP) is 2.53. The lowest BCUT2D eigenvalue weighted by atomic mass is 9.78. The van der Waals surface area contributed by atoms with Crippen molar-refractivity contribution in [1.82, 2.24) is 10.2 Å². The lowest BCUT2D eigenvalue weighted by Gasteiger charge is -2.44. The van der Waals surface area contributed by atoms with Crippen molar-refractivity contribution >= 4 is 0 Å². The Balaban J connectivity index is 1.61. The average Bonchev–Trinajstić information content (AvgIpc) is 3.27. The van der Waals surface area contributed by atoms with Gasteiger partial charge in [-0.2, -0.15) is 0 Å². The minimum absolute atomic E-state index is 0.0298. The van der Waals surface area contributed by atoms with Crippen molar-refractivity contribution in [2.75, 3.05) is 19.7 Å². The highest BCUT2D eigenvalue weighted by Gasteiger charge is 2.41. The van der Waals surface area contributed by atoms with Crippen LogP contribution in [0.3, 0.4) is 0 Å². The molecule has 0 aromatic carbocycles. The van der Waals surface area contributed by atoms with E-state index in [1.807, 2.05) is 0 Å². The molecule has 1 saturated heterocycles. The number of aliphatic hydroxyl groups is 1. The fourth-order valence-corrected chi connectivity index (χ4v) is 4.27. The molecule has 116 valence electrons. The van der Waals surface area contributed by atoms with Crippen molar-refractivity contribution < 1.29 is 5.11 Å². The van der Waals surface area contributed by atoms with E-state index in [4.69, 9.17) is 0 Å². The highest BCUT2D eigenvalue weighted by molar-refractivity contribution is 5.00. The zero-order valence-electron chi connectivity index (χ0n) is 13.1. The highest BCUT2D eigenvalue weighted by atomic mass is 16.3. The molecule has 0 spiro atoms. The van der Waals surface area contributed by atoms with Crippen LogP contribution in [0.15, 0.2) is 0 Å². The molecule has 3 heteroatoms. The summed E-state index contributed by atoms with van der Waals surface area (Å²) < 4.78 is 0. The molecular weight excluding hydrogens is 248 g/mol. The van der Waals surface area contributed by atoms with E-state index in [1.165, 1.54) is 64.5 Å². The van der Waals surface area contributed by atoms with Gasteiger partial charge in [-0.15, -0.1) is 0 Å². The van der Waals surface area contributed by atoms with Gasteiger partial charge in [0.25, 0.3) is 0 Å². The number of rotatable bonds is 4. The smallest absolute Gasteiger partial charge is 0.0613 e. The summed E-state index contributed by atoms with van der Waals surface area (Å²) in [7, 11) is 0. The molecule has 3 fully saturated rings. The van der Waals surface area contributed by atoms with Gasteiger partial charge in [-0.1, -0.05) is 6.92 Å².